The zero-order chi connectivity index (χ0) is 23.5. The second-order valence-corrected chi connectivity index (χ2v) is 9.31. The van der Waals surface area contributed by atoms with Crippen molar-refractivity contribution in [1.82, 2.24) is 19.3 Å². The average molecular weight is 457 g/mol. The molecule has 0 radical (unpaired) electrons. The molecule has 0 spiro atoms. The van der Waals surface area contributed by atoms with E-state index in [4.69, 9.17) is 0 Å². The summed E-state index contributed by atoms with van der Waals surface area (Å²) in [6.07, 6.45) is 0. The highest BCUT2D eigenvalue weighted by Crippen LogP contribution is 2.29. The van der Waals surface area contributed by atoms with Crippen molar-refractivity contribution in [3.05, 3.63) is 59.9 Å². The van der Waals surface area contributed by atoms with Crippen LogP contribution < -0.4 is 10.2 Å². The number of para-hydroxylation sites is 1. The van der Waals surface area contributed by atoms with Gasteiger partial charge in [-0.15, -0.1) is 5.10 Å². The number of nitrogens with one attached hydrogen (secondary N) is 1. The number of sulfonamides is 1. The molecule has 0 fully saturated rings. The highest BCUT2D eigenvalue weighted by Gasteiger charge is 2.24. The summed E-state index contributed by atoms with van der Waals surface area (Å²) in [5, 5.41) is 11.5. The van der Waals surface area contributed by atoms with E-state index in [0.717, 1.165) is 5.69 Å². The molecule has 1 aromatic heterocycles. The zero-order valence-electron chi connectivity index (χ0n) is 18.9. The van der Waals surface area contributed by atoms with Crippen molar-refractivity contribution in [2.45, 2.75) is 25.7 Å². The van der Waals surface area contributed by atoms with Gasteiger partial charge in [-0.3, -0.25) is 4.79 Å². The Morgan fingerprint density at radius 1 is 1.03 bits per heavy atom. The number of hydrogen-bond donors (Lipinski definition) is 1. The van der Waals surface area contributed by atoms with E-state index >= 15 is 0 Å². The first kappa shape index (κ1) is 23.4. The summed E-state index contributed by atoms with van der Waals surface area (Å²) in [7, 11) is -0.0354. The van der Waals surface area contributed by atoms with Crippen LogP contribution in [0.25, 0.3) is 5.69 Å². The molecule has 1 heterocycles. The Labute approximate surface area is 188 Å². The van der Waals surface area contributed by atoms with Gasteiger partial charge in [0.25, 0.3) is 5.91 Å². The fraction of sp³-hybridized carbons (Fsp3) is 0.318. The summed E-state index contributed by atoms with van der Waals surface area (Å²) in [5.41, 5.74) is 2.41. The maximum atomic E-state index is 13.1. The summed E-state index contributed by atoms with van der Waals surface area (Å²) in [6, 6.07) is 14.0. The lowest BCUT2D eigenvalue weighted by atomic mass is 10.2. The zero-order valence-corrected chi connectivity index (χ0v) is 19.7. The van der Waals surface area contributed by atoms with Crippen LogP contribution in [-0.4, -0.2) is 60.8 Å². The number of hydrogen-bond acceptors (Lipinski definition) is 6. The van der Waals surface area contributed by atoms with Gasteiger partial charge < -0.3 is 10.2 Å². The number of aromatic nitrogens is 3. The third-order valence-corrected chi connectivity index (χ3v) is 7.07. The summed E-state index contributed by atoms with van der Waals surface area (Å²) >= 11 is 0. The molecule has 9 nitrogen and oxygen atoms in total. The van der Waals surface area contributed by atoms with Crippen LogP contribution in [0.15, 0.2) is 53.4 Å². The van der Waals surface area contributed by atoms with Crippen molar-refractivity contribution in [2.75, 3.05) is 37.4 Å². The van der Waals surface area contributed by atoms with Gasteiger partial charge in [-0.05, 0) is 37.3 Å². The number of amides is 1. The minimum absolute atomic E-state index is 0.117. The number of nitrogens with zero attached hydrogens (tertiary/aromatic N) is 5. The van der Waals surface area contributed by atoms with E-state index in [2.05, 4.69) is 15.5 Å². The second-order valence-electron chi connectivity index (χ2n) is 7.38. The summed E-state index contributed by atoms with van der Waals surface area (Å²) < 4.78 is 27.3. The summed E-state index contributed by atoms with van der Waals surface area (Å²) in [4.78, 5) is 16.4. The summed E-state index contributed by atoms with van der Waals surface area (Å²) in [5.74, 6) is -0.467. The number of carbonyl (C=O) groups is 1. The van der Waals surface area contributed by atoms with Crippen LogP contribution in [0.2, 0.25) is 0 Å². The molecular weight excluding hydrogens is 428 g/mol. The van der Waals surface area contributed by atoms with Crippen molar-refractivity contribution in [1.29, 1.82) is 0 Å². The van der Waals surface area contributed by atoms with Crippen LogP contribution in [0.3, 0.4) is 0 Å². The van der Waals surface area contributed by atoms with Gasteiger partial charge in [0, 0.05) is 27.2 Å². The predicted octanol–water partition coefficient (Wildman–Crippen LogP) is 2.92. The molecule has 10 heteroatoms. The second kappa shape index (κ2) is 9.49. The van der Waals surface area contributed by atoms with Crippen LogP contribution in [-0.2, 0) is 10.0 Å². The molecule has 32 heavy (non-hydrogen) atoms. The van der Waals surface area contributed by atoms with E-state index in [1.807, 2.05) is 44.4 Å². The molecule has 170 valence electrons. The normalized spacial score (nSPS) is 11.6. The van der Waals surface area contributed by atoms with E-state index in [1.54, 1.807) is 37.8 Å². The van der Waals surface area contributed by atoms with Gasteiger partial charge in [0.2, 0.25) is 10.0 Å². The SMILES string of the molecule is CCN(CC)S(=O)(=O)c1ccc(N(C)C)c(NC(=O)c2nn(-c3ccccc3)nc2C)c1. The number of anilines is 2. The molecule has 0 bridgehead atoms. The third kappa shape index (κ3) is 4.66. The average Bonchev–Trinajstić information content (AvgIpc) is 3.16. The molecule has 0 aliphatic rings. The monoisotopic (exact) mass is 456 g/mol. The largest absolute Gasteiger partial charge is 0.376 e. The van der Waals surface area contributed by atoms with Crippen molar-refractivity contribution >= 4 is 27.3 Å². The fourth-order valence-corrected chi connectivity index (χ4v) is 4.81. The quantitative estimate of drug-likeness (QED) is 0.559. The van der Waals surface area contributed by atoms with E-state index in [0.29, 0.717) is 30.2 Å². The molecule has 0 aliphatic carbocycles. The molecule has 0 unspecified atom stereocenters. The van der Waals surface area contributed by atoms with Crippen molar-refractivity contribution in [2.24, 2.45) is 0 Å². The van der Waals surface area contributed by atoms with Gasteiger partial charge in [-0.25, -0.2) is 8.42 Å². The van der Waals surface area contributed by atoms with Crippen LogP contribution in [0.4, 0.5) is 11.4 Å². The highest BCUT2D eigenvalue weighted by atomic mass is 32.2. The molecule has 1 N–H and O–H groups in total. The lowest BCUT2D eigenvalue weighted by Crippen LogP contribution is -2.30. The fourth-order valence-electron chi connectivity index (χ4n) is 3.33. The Morgan fingerprint density at radius 2 is 1.69 bits per heavy atom. The lowest BCUT2D eigenvalue weighted by Gasteiger charge is -2.22. The first-order valence-corrected chi connectivity index (χ1v) is 11.7. The molecule has 3 rings (SSSR count). The van der Waals surface area contributed by atoms with E-state index < -0.39 is 15.9 Å². The Morgan fingerprint density at radius 3 is 2.28 bits per heavy atom. The standard InChI is InChI=1S/C22H28N6O3S/c1-6-27(7-2)32(30,31)18-13-14-20(26(4)5)19(15-18)23-22(29)21-16(3)24-28(25-21)17-11-9-8-10-12-17/h8-15H,6-7H2,1-5H3,(H,23,29). The highest BCUT2D eigenvalue weighted by molar-refractivity contribution is 7.89. The Balaban J connectivity index is 1.97. The first-order chi connectivity index (χ1) is 15.2. The molecule has 0 saturated heterocycles. The summed E-state index contributed by atoms with van der Waals surface area (Å²) in [6.45, 7) is 6.00. The van der Waals surface area contributed by atoms with E-state index in [9.17, 15) is 13.2 Å². The lowest BCUT2D eigenvalue weighted by molar-refractivity contribution is 0.102. The van der Waals surface area contributed by atoms with Gasteiger partial charge in [0.1, 0.15) is 0 Å². The van der Waals surface area contributed by atoms with Crippen molar-refractivity contribution in [3.8, 4) is 5.69 Å². The van der Waals surface area contributed by atoms with E-state index in [-0.39, 0.29) is 10.6 Å². The predicted molar refractivity (Wildman–Crippen MR) is 125 cm³/mol. The molecule has 2 aromatic carbocycles. The third-order valence-electron chi connectivity index (χ3n) is 5.03. The molecule has 0 atom stereocenters. The van der Waals surface area contributed by atoms with Gasteiger partial charge in [0.05, 0.1) is 27.7 Å². The van der Waals surface area contributed by atoms with Crippen LogP contribution in [0, 0.1) is 6.92 Å². The number of aryl methyl sites for hydroxylation is 1. The molecule has 1 amide bonds. The van der Waals surface area contributed by atoms with Gasteiger partial charge in [-0.1, -0.05) is 32.0 Å². The van der Waals surface area contributed by atoms with E-state index in [1.165, 1.54) is 15.2 Å². The number of rotatable bonds is 8. The van der Waals surface area contributed by atoms with Gasteiger partial charge in [-0.2, -0.15) is 14.2 Å². The van der Waals surface area contributed by atoms with Gasteiger partial charge >= 0.3 is 0 Å². The molecular formula is C22H28N6O3S. The molecule has 3 aromatic rings. The van der Waals surface area contributed by atoms with Crippen molar-refractivity contribution < 1.29 is 13.2 Å². The maximum absolute atomic E-state index is 13.1. The topological polar surface area (TPSA) is 100 Å². The van der Waals surface area contributed by atoms with Crippen LogP contribution in [0.5, 0.6) is 0 Å². The van der Waals surface area contributed by atoms with Crippen LogP contribution >= 0.6 is 0 Å². The molecule has 0 aliphatic heterocycles. The van der Waals surface area contributed by atoms with Crippen molar-refractivity contribution in [3.63, 3.8) is 0 Å². The smallest absolute Gasteiger partial charge is 0.278 e. The Kier molecular flexibility index (Phi) is 6.95. The number of benzene rings is 2. The maximum Gasteiger partial charge on any atom is 0.278 e. The minimum atomic E-state index is -3.68. The number of carbonyl (C=O) groups excluding carboxylic acids is 1. The Hall–Kier alpha value is -3.24. The Bertz CT molecular complexity index is 1200. The van der Waals surface area contributed by atoms with Gasteiger partial charge in [0.15, 0.2) is 5.69 Å². The van der Waals surface area contributed by atoms with Crippen LogP contribution in [0.1, 0.15) is 30.0 Å². The first-order valence-electron chi connectivity index (χ1n) is 10.3. The minimum Gasteiger partial charge on any atom is -0.376 e. The molecule has 0 saturated carbocycles.